The fourth-order valence-corrected chi connectivity index (χ4v) is 2.97. The van der Waals surface area contributed by atoms with Gasteiger partial charge in [0.25, 0.3) is 0 Å². The minimum Gasteiger partial charge on any atom is -0.378 e. The first-order chi connectivity index (χ1) is 7.07. The molecule has 1 saturated carbocycles. The first kappa shape index (κ1) is 11.4. The number of nitrogens with one attached hydrogen (secondary N) is 1. The van der Waals surface area contributed by atoms with Crippen molar-refractivity contribution >= 4 is 0 Å². The molecule has 15 heavy (non-hydrogen) atoms. The van der Waals surface area contributed by atoms with Crippen molar-refractivity contribution in [1.29, 1.82) is 0 Å². The second-order valence-electron chi connectivity index (χ2n) is 6.14. The summed E-state index contributed by atoms with van der Waals surface area (Å²) in [4.78, 5) is 0. The first-order valence-corrected chi connectivity index (χ1v) is 6.42. The summed E-state index contributed by atoms with van der Waals surface area (Å²) >= 11 is 0. The van der Waals surface area contributed by atoms with Crippen LogP contribution in [0.2, 0.25) is 0 Å². The van der Waals surface area contributed by atoms with E-state index in [2.05, 4.69) is 26.1 Å². The van der Waals surface area contributed by atoms with Gasteiger partial charge in [-0.15, -0.1) is 0 Å². The molecule has 1 N–H and O–H groups in total. The standard InChI is InChI=1S/C13H25NO/c1-10-11(5-7-15-10)9-14-12-4-6-13(2,3)8-12/h10-12,14H,4-9H2,1-3H3. The fraction of sp³-hybridized carbons (Fsp3) is 1.00. The van der Waals surface area contributed by atoms with Gasteiger partial charge in [0.1, 0.15) is 0 Å². The third kappa shape index (κ3) is 2.94. The molecule has 2 heteroatoms. The van der Waals surface area contributed by atoms with E-state index in [9.17, 15) is 0 Å². The Hall–Kier alpha value is -0.0800. The summed E-state index contributed by atoms with van der Waals surface area (Å²) in [5.74, 6) is 0.744. The maximum absolute atomic E-state index is 5.58. The summed E-state index contributed by atoms with van der Waals surface area (Å²) in [5, 5.41) is 3.73. The second kappa shape index (κ2) is 4.42. The minimum absolute atomic E-state index is 0.465. The Bertz CT molecular complexity index is 215. The van der Waals surface area contributed by atoms with Gasteiger partial charge in [0.2, 0.25) is 0 Å². The summed E-state index contributed by atoms with van der Waals surface area (Å²) < 4.78 is 5.58. The molecule has 1 aliphatic carbocycles. The van der Waals surface area contributed by atoms with Gasteiger partial charge in [-0.05, 0) is 43.9 Å². The van der Waals surface area contributed by atoms with Crippen LogP contribution in [0.15, 0.2) is 0 Å². The topological polar surface area (TPSA) is 21.3 Å². The SMILES string of the molecule is CC1OCCC1CNC1CCC(C)(C)C1. The van der Waals surface area contributed by atoms with Gasteiger partial charge in [-0.25, -0.2) is 0 Å². The van der Waals surface area contributed by atoms with E-state index in [0.717, 1.165) is 25.1 Å². The molecule has 0 aromatic rings. The van der Waals surface area contributed by atoms with Crippen LogP contribution in [0.25, 0.3) is 0 Å². The Morgan fingerprint density at radius 1 is 1.33 bits per heavy atom. The van der Waals surface area contributed by atoms with Gasteiger partial charge in [0.05, 0.1) is 6.10 Å². The van der Waals surface area contributed by atoms with E-state index in [0.29, 0.717) is 11.5 Å². The van der Waals surface area contributed by atoms with Crippen LogP contribution in [0.3, 0.4) is 0 Å². The zero-order valence-corrected chi connectivity index (χ0v) is 10.4. The summed E-state index contributed by atoms with van der Waals surface area (Å²) in [6, 6.07) is 0.757. The van der Waals surface area contributed by atoms with Crippen LogP contribution < -0.4 is 5.32 Å². The van der Waals surface area contributed by atoms with Crippen molar-refractivity contribution in [2.75, 3.05) is 13.2 Å². The Morgan fingerprint density at radius 2 is 2.13 bits per heavy atom. The zero-order chi connectivity index (χ0) is 10.9. The lowest BCUT2D eigenvalue weighted by Gasteiger charge is -2.20. The monoisotopic (exact) mass is 211 g/mol. The molecule has 2 rings (SSSR count). The molecule has 1 heterocycles. The third-order valence-electron chi connectivity index (χ3n) is 4.17. The maximum Gasteiger partial charge on any atom is 0.0588 e. The van der Waals surface area contributed by atoms with Gasteiger partial charge in [-0.1, -0.05) is 13.8 Å². The average Bonchev–Trinajstić information content (AvgIpc) is 2.69. The maximum atomic E-state index is 5.58. The largest absolute Gasteiger partial charge is 0.378 e. The predicted octanol–water partition coefficient (Wildman–Crippen LogP) is 2.58. The lowest BCUT2D eigenvalue weighted by atomic mass is 9.92. The first-order valence-electron chi connectivity index (χ1n) is 6.42. The Balaban J connectivity index is 1.70. The minimum atomic E-state index is 0.465. The van der Waals surface area contributed by atoms with Gasteiger partial charge in [-0.3, -0.25) is 0 Å². The van der Waals surface area contributed by atoms with Crippen LogP contribution in [0, 0.1) is 11.3 Å². The number of hydrogen-bond acceptors (Lipinski definition) is 2. The van der Waals surface area contributed by atoms with E-state index in [1.807, 2.05) is 0 Å². The highest BCUT2D eigenvalue weighted by atomic mass is 16.5. The summed E-state index contributed by atoms with van der Waals surface area (Å²) in [6.45, 7) is 9.09. The van der Waals surface area contributed by atoms with Crippen molar-refractivity contribution in [1.82, 2.24) is 5.32 Å². The highest BCUT2D eigenvalue weighted by Gasteiger charge is 2.32. The van der Waals surface area contributed by atoms with Crippen LogP contribution in [0.5, 0.6) is 0 Å². The lowest BCUT2D eigenvalue weighted by molar-refractivity contribution is 0.105. The van der Waals surface area contributed by atoms with Crippen LogP contribution in [-0.4, -0.2) is 25.3 Å². The molecule has 3 unspecified atom stereocenters. The Morgan fingerprint density at radius 3 is 2.67 bits per heavy atom. The summed E-state index contributed by atoms with van der Waals surface area (Å²) in [6.07, 6.45) is 5.78. The fourth-order valence-electron chi connectivity index (χ4n) is 2.97. The molecule has 0 bridgehead atoms. The van der Waals surface area contributed by atoms with E-state index in [1.165, 1.54) is 25.7 Å². The molecule has 0 aromatic heterocycles. The smallest absolute Gasteiger partial charge is 0.0588 e. The van der Waals surface area contributed by atoms with Gasteiger partial charge in [-0.2, -0.15) is 0 Å². The van der Waals surface area contributed by atoms with Crippen LogP contribution in [0.4, 0.5) is 0 Å². The van der Waals surface area contributed by atoms with Crippen LogP contribution in [-0.2, 0) is 4.74 Å². The molecule has 1 aliphatic heterocycles. The molecule has 2 aliphatic rings. The zero-order valence-electron chi connectivity index (χ0n) is 10.4. The normalized spacial score (nSPS) is 39.8. The lowest BCUT2D eigenvalue weighted by Crippen LogP contribution is -2.34. The van der Waals surface area contributed by atoms with Crippen molar-refractivity contribution < 1.29 is 4.74 Å². The molecule has 3 atom stereocenters. The van der Waals surface area contributed by atoms with E-state index >= 15 is 0 Å². The molecular formula is C13H25NO. The molecule has 1 saturated heterocycles. The number of rotatable bonds is 3. The van der Waals surface area contributed by atoms with Crippen molar-refractivity contribution in [2.24, 2.45) is 11.3 Å². The highest BCUT2D eigenvalue weighted by molar-refractivity contribution is 4.87. The molecule has 0 radical (unpaired) electrons. The summed E-state index contributed by atoms with van der Waals surface area (Å²) in [5.41, 5.74) is 0.565. The van der Waals surface area contributed by atoms with Crippen LogP contribution in [0.1, 0.15) is 46.5 Å². The van der Waals surface area contributed by atoms with Crippen LogP contribution >= 0.6 is 0 Å². The third-order valence-corrected chi connectivity index (χ3v) is 4.17. The number of hydrogen-bond donors (Lipinski definition) is 1. The molecule has 88 valence electrons. The van der Waals surface area contributed by atoms with Crippen molar-refractivity contribution in [3.63, 3.8) is 0 Å². The Labute approximate surface area is 93.8 Å². The van der Waals surface area contributed by atoms with Crippen molar-refractivity contribution in [3.8, 4) is 0 Å². The van der Waals surface area contributed by atoms with E-state index in [4.69, 9.17) is 4.74 Å². The molecule has 2 nitrogen and oxygen atoms in total. The van der Waals surface area contributed by atoms with Crippen molar-refractivity contribution in [2.45, 2.75) is 58.6 Å². The predicted molar refractivity (Wildman–Crippen MR) is 62.9 cm³/mol. The van der Waals surface area contributed by atoms with E-state index in [1.54, 1.807) is 0 Å². The van der Waals surface area contributed by atoms with Gasteiger partial charge in [0, 0.05) is 19.2 Å². The molecular weight excluding hydrogens is 186 g/mol. The average molecular weight is 211 g/mol. The highest BCUT2D eigenvalue weighted by Crippen LogP contribution is 2.37. The van der Waals surface area contributed by atoms with Gasteiger partial charge >= 0.3 is 0 Å². The van der Waals surface area contributed by atoms with E-state index in [-0.39, 0.29) is 0 Å². The molecule has 0 amide bonds. The summed E-state index contributed by atoms with van der Waals surface area (Å²) in [7, 11) is 0. The van der Waals surface area contributed by atoms with E-state index < -0.39 is 0 Å². The second-order valence-corrected chi connectivity index (χ2v) is 6.14. The van der Waals surface area contributed by atoms with Gasteiger partial charge < -0.3 is 10.1 Å². The molecule has 0 spiro atoms. The quantitative estimate of drug-likeness (QED) is 0.774. The van der Waals surface area contributed by atoms with Gasteiger partial charge in [0.15, 0.2) is 0 Å². The van der Waals surface area contributed by atoms with Crippen molar-refractivity contribution in [3.05, 3.63) is 0 Å². The Kier molecular flexibility index (Phi) is 3.36. The number of ether oxygens (including phenoxy) is 1. The molecule has 2 fully saturated rings. The molecule has 0 aromatic carbocycles.